The first-order valence-corrected chi connectivity index (χ1v) is 18.6. The largest absolute Gasteiger partial charge is 0.480 e. The van der Waals surface area contributed by atoms with Gasteiger partial charge in [-0.15, -0.1) is 0 Å². The normalized spacial score (nSPS) is 16.3. The minimum absolute atomic E-state index is 0.0952. The molecule has 0 aromatic carbocycles. The maximum atomic E-state index is 13.2. The summed E-state index contributed by atoms with van der Waals surface area (Å²) in [4.78, 5) is 126. The summed E-state index contributed by atoms with van der Waals surface area (Å²) < 4.78 is 0. The lowest BCUT2D eigenvalue weighted by molar-refractivity contribution is -0.144. The Labute approximate surface area is 325 Å². The van der Waals surface area contributed by atoms with Gasteiger partial charge in [0.1, 0.15) is 36.3 Å². The number of nitrogens with zero attached hydrogens (tertiary/aromatic N) is 1. The topological polar surface area (TPSA) is 356 Å². The van der Waals surface area contributed by atoms with Gasteiger partial charge in [0.25, 0.3) is 0 Å². The number of carbonyl (C=O) groups excluding carboxylic acids is 9. The minimum Gasteiger partial charge on any atom is -0.480 e. The van der Waals surface area contributed by atoms with E-state index in [1.807, 2.05) is 0 Å². The summed E-state index contributed by atoms with van der Waals surface area (Å²) in [7, 11) is 0. The monoisotopic (exact) mass is 797 g/mol. The van der Waals surface area contributed by atoms with E-state index < -0.39 is 115 Å². The highest BCUT2D eigenvalue weighted by molar-refractivity contribution is 5.96. The van der Waals surface area contributed by atoms with E-state index in [4.69, 9.17) is 17.2 Å². The summed E-state index contributed by atoms with van der Waals surface area (Å²) in [5, 5.41) is 26.5. The number of carboxylic acids is 1. The van der Waals surface area contributed by atoms with Crippen LogP contribution in [-0.4, -0.2) is 138 Å². The third-order valence-electron chi connectivity index (χ3n) is 8.65. The standard InChI is InChI=1S/C34H59N11O11/c1-18(2)14-23(43-27(48)16-38-29(50)19(3)40-31(52)21(10-11-25(37)46)42-26(47)15-36)32(53)41-20(4)30(51)39-17-28(49)45-13-7-9-24(45)33(54)44-22(34(55)56)8-5-6-12-35/h18-24H,5-17,35-36H2,1-4H3,(H2,37,46)(H,38,50)(H,39,51)(H,40,52)(H,41,53)(H,42,47)(H,43,48)(H,44,54)(H,55,56)/t19-,20-,21-,22-,23-,24-/m0/s1. The molecule has 316 valence electrons. The Hall–Kier alpha value is -5.38. The Bertz CT molecular complexity index is 1430. The first kappa shape index (κ1) is 48.6. The van der Waals surface area contributed by atoms with Crippen LogP contribution < -0.4 is 54.4 Å². The fraction of sp³-hybridized carbons (Fsp3) is 0.706. The number of hydrogen-bond acceptors (Lipinski definition) is 12. The Kier molecular flexibility index (Phi) is 21.6. The van der Waals surface area contributed by atoms with Crippen molar-refractivity contribution in [2.45, 2.75) is 115 Å². The van der Waals surface area contributed by atoms with Gasteiger partial charge in [-0.3, -0.25) is 43.2 Å². The number of amides is 9. The lowest BCUT2D eigenvalue weighted by Crippen LogP contribution is -2.56. The van der Waals surface area contributed by atoms with E-state index in [1.54, 1.807) is 13.8 Å². The number of primary amides is 1. The van der Waals surface area contributed by atoms with Crippen molar-refractivity contribution in [1.29, 1.82) is 0 Å². The first-order valence-electron chi connectivity index (χ1n) is 18.6. The molecule has 0 radical (unpaired) electrons. The molecule has 22 nitrogen and oxygen atoms in total. The van der Waals surface area contributed by atoms with Gasteiger partial charge in [-0.2, -0.15) is 0 Å². The molecule has 1 heterocycles. The van der Waals surface area contributed by atoms with Crippen molar-refractivity contribution in [3.8, 4) is 0 Å². The summed E-state index contributed by atoms with van der Waals surface area (Å²) in [5.74, 6) is -7.64. The molecule has 14 N–H and O–H groups in total. The van der Waals surface area contributed by atoms with E-state index >= 15 is 0 Å². The lowest BCUT2D eigenvalue weighted by Gasteiger charge is -2.26. The zero-order valence-corrected chi connectivity index (χ0v) is 32.4. The number of hydrogen-bond donors (Lipinski definition) is 11. The highest BCUT2D eigenvalue weighted by Gasteiger charge is 2.36. The molecule has 0 unspecified atom stereocenters. The fourth-order valence-electron chi connectivity index (χ4n) is 5.61. The van der Waals surface area contributed by atoms with Crippen LogP contribution in [0, 0.1) is 5.92 Å². The maximum absolute atomic E-state index is 13.2. The molecule has 0 aliphatic carbocycles. The van der Waals surface area contributed by atoms with Gasteiger partial charge < -0.3 is 64.4 Å². The lowest BCUT2D eigenvalue weighted by atomic mass is 10.0. The van der Waals surface area contributed by atoms with Crippen LogP contribution in [0.4, 0.5) is 0 Å². The van der Waals surface area contributed by atoms with Crippen LogP contribution in [0.2, 0.25) is 0 Å². The molecule has 0 saturated carbocycles. The molecule has 1 aliphatic rings. The van der Waals surface area contributed by atoms with Crippen LogP contribution >= 0.6 is 0 Å². The summed E-state index contributed by atoms with van der Waals surface area (Å²) in [6.45, 7) is 5.37. The second-order valence-corrected chi connectivity index (χ2v) is 13.9. The zero-order chi connectivity index (χ0) is 42.5. The Morgan fingerprint density at radius 2 is 1.27 bits per heavy atom. The predicted octanol–water partition coefficient (Wildman–Crippen LogP) is -4.84. The van der Waals surface area contributed by atoms with Crippen molar-refractivity contribution in [1.82, 2.24) is 42.1 Å². The predicted molar refractivity (Wildman–Crippen MR) is 199 cm³/mol. The molecule has 0 aromatic rings. The van der Waals surface area contributed by atoms with E-state index in [2.05, 4.69) is 37.2 Å². The van der Waals surface area contributed by atoms with E-state index in [-0.39, 0.29) is 38.1 Å². The molecule has 1 rings (SSSR count). The van der Waals surface area contributed by atoms with Crippen molar-refractivity contribution in [3.05, 3.63) is 0 Å². The Morgan fingerprint density at radius 1 is 0.696 bits per heavy atom. The molecule has 9 amide bonds. The molecule has 6 atom stereocenters. The van der Waals surface area contributed by atoms with E-state index in [0.29, 0.717) is 32.2 Å². The van der Waals surface area contributed by atoms with Crippen LogP contribution in [0.3, 0.4) is 0 Å². The SMILES string of the molecule is CC(C)C[C@H](NC(=O)CNC(=O)[C@H](C)NC(=O)[C@H](CCC(N)=O)NC(=O)CN)C(=O)N[C@@H](C)C(=O)NCC(=O)N1CCC[C@H]1C(=O)N[C@@H](CCCCN)C(=O)O. The molecular formula is C34H59N11O11. The highest BCUT2D eigenvalue weighted by Crippen LogP contribution is 2.18. The third kappa shape index (κ3) is 17.8. The van der Waals surface area contributed by atoms with Gasteiger partial charge >= 0.3 is 5.97 Å². The average Bonchev–Trinajstić information content (AvgIpc) is 3.63. The maximum Gasteiger partial charge on any atom is 0.326 e. The van der Waals surface area contributed by atoms with Gasteiger partial charge in [-0.25, -0.2) is 4.79 Å². The van der Waals surface area contributed by atoms with E-state index in [1.165, 1.54) is 18.7 Å². The number of unbranched alkanes of at least 4 members (excludes halogenated alkanes) is 1. The average molecular weight is 798 g/mol. The van der Waals surface area contributed by atoms with Gasteiger partial charge in [0.05, 0.1) is 19.6 Å². The highest BCUT2D eigenvalue weighted by atomic mass is 16.4. The summed E-state index contributed by atoms with van der Waals surface area (Å²) in [6.07, 6.45) is 1.86. The van der Waals surface area contributed by atoms with Crippen molar-refractivity contribution >= 4 is 59.1 Å². The number of rotatable bonds is 25. The number of carbonyl (C=O) groups is 10. The van der Waals surface area contributed by atoms with Crippen molar-refractivity contribution < 1.29 is 53.1 Å². The molecule has 1 aliphatic heterocycles. The smallest absolute Gasteiger partial charge is 0.326 e. The molecule has 0 aromatic heterocycles. The van der Waals surface area contributed by atoms with E-state index in [0.717, 1.165) is 0 Å². The van der Waals surface area contributed by atoms with E-state index in [9.17, 15) is 53.1 Å². The van der Waals surface area contributed by atoms with Crippen molar-refractivity contribution in [2.75, 3.05) is 32.7 Å². The van der Waals surface area contributed by atoms with Crippen molar-refractivity contribution in [2.24, 2.45) is 23.1 Å². The van der Waals surface area contributed by atoms with Crippen LogP contribution in [0.15, 0.2) is 0 Å². The molecule has 1 fully saturated rings. The van der Waals surface area contributed by atoms with Crippen molar-refractivity contribution in [3.63, 3.8) is 0 Å². The van der Waals surface area contributed by atoms with Crippen LogP contribution in [0.1, 0.15) is 79.1 Å². The number of aliphatic carboxylic acids is 1. The fourth-order valence-corrected chi connectivity index (χ4v) is 5.61. The number of nitrogens with two attached hydrogens (primary N) is 3. The van der Waals surface area contributed by atoms with Crippen LogP contribution in [0.25, 0.3) is 0 Å². The Morgan fingerprint density at radius 3 is 1.80 bits per heavy atom. The Balaban J connectivity index is 2.72. The molecular weight excluding hydrogens is 738 g/mol. The number of carboxylic acid groups (broad SMARTS) is 1. The minimum atomic E-state index is -1.20. The molecule has 22 heteroatoms. The molecule has 56 heavy (non-hydrogen) atoms. The van der Waals surface area contributed by atoms with Gasteiger partial charge in [0.2, 0.25) is 53.2 Å². The van der Waals surface area contributed by atoms with Gasteiger partial charge in [0, 0.05) is 13.0 Å². The van der Waals surface area contributed by atoms with Crippen LogP contribution in [0.5, 0.6) is 0 Å². The number of likely N-dealkylation sites (tertiary alicyclic amines) is 1. The second kappa shape index (κ2) is 24.9. The van der Waals surface area contributed by atoms with Gasteiger partial charge in [-0.1, -0.05) is 13.8 Å². The summed E-state index contributed by atoms with van der Waals surface area (Å²) >= 11 is 0. The first-order chi connectivity index (χ1) is 26.3. The number of nitrogens with one attached hydrogen (secondary N) is 7. The summed E-state index contributed by atoms with van der Waals surface area (Å²) in [5.41, 5.74) is 15.9. The van der Waals surface area contributed by atoms with Crippen LogP contribution in [-0.2, 0) is 47.9 Å². The molecule has 0 bridgehead atoms. The van der Waals surface area contributed by atoms with Gasteiger partial charge in [0.15, 0.2) is 0 Å². The zero-order valence-electron chi connectivity index (χ0n) is 32.4. The summed E-state index contributed by atoms with van der Waals surface area (Å²) in [6, 6.07) is -6.72. The second-order valence-electron chi connectivity index (χ2n) is 13.9. The van der Waals surface area contributed by atoms with Gasteiger partial charge in [-0.05, 0) is 71.3 Å². The third-order valence-corrected chi connectivity index (χ3v) is 8.65. The molecule has 1 saturated heterocycles. The molecule has 0 spiro atoms. The quantitative estimate of drug-likeness (QED) is 0.0387.